The third-order valence-corrected chi connectivity index (χ3v) is 3.76. The molecule has 2 nitrogen and oxygen atoms in total. The van der Waals surface area contributed by atoms with Gasteiger partial charge < -0.3 is 5.32 Å². The number of benzene rings is 1. The summed E-state index contributed by atoms with van der Waals surface area (Å²) in [7, 11) is 0. The molecule has 1 N–H and O–H groups in total. The monoisotopic (exact) mass is 242 g/mol. The molecule has 96 valence electrons. The predicted octanol–water partition coefficient (Wildman–Crippen LogP) is 4.39. The lowest BCUT2D eigenvalue weighted by Crippen LogP contribution is -2.21. The highest BCUT2D eigenvalue weighted by atomic mass is 14.9. The molecule has 1 fully saturated rings. The van der Waals surface area contributed by atoms with E-state index in [9.17, 15) is 5.26 Å². The van der Waals surface area contributed by atoms with Crippen molar-refractivity contribution in [3.63, 3.8) is 0 Å². The van der Waals surface area contributed by atoms with Gasteiger partial charge in [-0.15, -0.1) is 0 Å². The molecule has 0 saturated heterocycles. The summed E-state index contributed by atoms with van der Waals surface area (Å²) in [6.45, 7) is 2.03. The fourth-order valence-electron chi connectivity index (χ4n) is 2.70. The van der Waals surface area contributed by atoms with Crippen LogP contribution in [0.1, 0.15) is 56.1 Å². The largest absolute Gasteiger partial charge is 0.381 e. The second-order valence-electron chi connectivity index (χ2n) is 5.35. The van der Waals surface area contributed by atoms with Crippen molar-refractivity contribution in [2.45, 2.75) is 57.9 Å². The van der Waals surface area contributed by atoms with E-state index in [1.165, 1.54) is 44.9 Å². The minimum absolute atomic E-state index is 0.542. The second kappa shape index (κ2) is 6.44. The van der Waals surface area contributed by atoms with Gasteiger partial charge in [-0.1, -0.05) is 38.2 Å². The molecule has 0 aliphatic heterocycles. The van der Waals surface area contributed by atoms with E-state index in [4.69, 9.17) is 0 Å². The van der Waals surface area contributed by atoms with E-state index in [-0.39, 0.29) is 0 Å². The summed E-state index contributed by atoms with van der Waals surface area (Å²) in [4.78, 5) is 0. The number of rotatable bonds is 2. The maximum Gasteiger partial charge on any atom is 0.101 e. The summed E-state index contributed by atoms with van der Waals surface area (Å²) >= 11 is 0. The van der Waals surface area contributed by atoms with E-state index in [1.54, 1.807) is 0 Å². The molecule has 18 heavy (non-hydrogen) atoms. The molecule has 0 bridgehead atoms. The van der Waals surface area contributed by atoms with Crippen molar-refractivity contribution < 1.29 is 0 Å². The van der Waals surface area contributed by atoms with Crippen LogP contribution in [0, 0.1) is 18.3 Å². The van der Waals surface area contributed by atoms with Gasteiger partial charge in [0.1, 0.15) is 6.07 Å². The first-order valence-electron chi connectivity index (χ1n) is 7.07. The predicted molar refractivity (Wildman–Crippen MR) is 75.6 cm³/mol. The van der Waals surface area contributed by atoms with Crippen molar-refractivity contribution in [3.8, 4) is 6.07 Å². The number of hydrogen-bond acceptors (Lipinski definition) is 2. The minimum atomic E-state index is 0.542. The van der Waals surface area contributed by atoms with Crippen molar-refractivity contribution in [3.05, 3.63) is 29.3 Å². The highest BCUT2D eigenvalue weighted by Gasteiger charge is 2.12. The van der Waals surface area contributed by atoms with Crippen LogP contribution < -0.4 is 5.32 Å². The van der Waals surface area contributed by atoms with Gasteiger partial charge in [0.2, 0.25) is 0 Å². The van der Waals surface area contributed by atoms with Crippen LogP contribution >= 0.6 is 0 Å². The summed E-state index contributed by atoms with van der Waals surface area (Å²) in [5.41, 5.74) is 2.93. The lowest BCUT2D eigenvalue weighted by atomic mass is 9.96. The first kappa shape index (κ1) is 13.0. The quantitative estimate of drug-likeness (QED) is 0.834. The molecular weight excluding hydrogens is 220 g/mol. The lowest BCUT2D eigenvalue weighted by Gasteiger charge is -2.22. The first-order valence-corrected chi connectivity index (χ1v) is 7.07. The molecule has 0 aromatic heterocycles. The van der Waals surface area contributed by atoms with Crippen LogP contribution in [0.3, 0.4) is 0 Å². The third-order valence-electron chi connectivity index (χ3n) is 3.76. The summed E-state index contributed by atoms with van der Waals surface area (Å²) in [6.07, 6.45) is 9.20. The fraction of sp³-hybridized carbons (Fsp3) is 0.562. The van der Waals surface area contributed by atoms with Crippen molar-refractivity contribution in [2.24, 2.45) is 0 Å². The zero-order valence-electron chi connectivity index (χ0n) is 11.2. The molecule has 1 aliphatic carbocycles. The van der Waals surface area contributed by atoms with Gasteiger partial charge in [0.15, 0.2) is 0 Å². The number of nitrogens with zero attached hydrogens (tertiary/aromatic N) is 1. The van der Waals surface area contributed by atoms with E-state index in [2.05, 4.69) is 17.5 Å². The number of anilines is 1. The number of hydrogen-bond donors (Lipinski definition) is 1. The van der Waals surface area contributed by atoms with Crippen LogP contribution in [0.5, 0.6) is 0 Å². The Labute approximate surface area is 110 Å². The van der Waals surface area contributed by atoms with Gasteiger partial charge >= 0.3 is 0 Å². The van der Waals surface area contributed by atoms with Gasteiger partial charge in [0.05, 0.1) is 11.3 Å². The van der Waals surface area contributed by atoms with E-state index in [0.29, 0.717) is 6.04 Å². The Balaban J connectivity index is 2.05. The van der Waals surface area contributed by atoms with Crippen LogP contribution in [0.2, 0.25) is 0 Å². The molecule has 0 unspecified atom stereocenters. The zero-order valence-corrected chi connectivity index (χ0v) is 11.2. The van der Waals surface area contributed by atoms with Crippen LogP contribution in [0.4, 0.5) is 5.69 Å². The first-order chi connectivity index (χ1) is 8.79. The fourth-order valence-corrected chi connectivity index (χ4v) is 2.70. The smallest absolute Gasteiger partial charge is 0.101 e. The molecule has 1 aromatic carbocycles. The van der Waals surface area contributed by atoms with Gasteiger partial charge in [-0.3, -0.25) is 0 Å². The third kappa shape index (κ3) is 3.50. The van der Waals surface area contributed by atoms with Crippen molar-refractivity contribution in [1.29, 1.82) is 5.26 Å². The Kier molecular flexibility index (Phi) is 4.64. The Bertz CT molecular complexity index is 423. The van der Waals surface area contributed by atoms with Crippen molar-refractivity contribution in [2.75, 3.05) is 5.32 Å². The van der Waals surface area contributed by atoms with Gasteiger partial charge in [0.25, 0.3) is 0 Å². The summed E-state index contributed by atoms with van der Waals surface area (Å²) < 4.78 is 0. The standard InChI is InChI=1S/C16H22N2/c1-13-9-10-16(14(11-13)12-17)18-15-7-5-3-2-4-6-8-15/h9-11,15,18H,2-8H2,1H3. The van der Waals surface area contributed by atoms with Crippen LogP contribution in [0.15, 0.2) is 18.2 Å². The summed E-state index contributed by atoms with van der Waals surface area (Å²) in [6, 6.07) is 8.92. The molecular formula is C16H22N2. The average Bonchev–Trinajstić information content (AvgIpc) is 2.34. The molecule has 0 spiro atoms. The van der Waals surface area contributed by atoms with E-state index in [0.717, 1.165) is 16.8 Å². The topological polar surface area (TPSA) is 35.8 Å². The Morgan fingerprint density at radius 2 is 1.78 bits per heavy atom. The van der Waals surface area contributed by atoms with Crippen LogP contribution in [-0.2, 0) is 0 Å². The SMILES string of the molecule is Cc1ccc(NC2CCCCCCC2)c(C#N)c1. The van der Waals surface area contributed by atoms with Crippen LogP contribution in [-0.4, -0.2) is 6.04 Å². The molecule has 2 heteroatoms. The summed E-state index contributed by atoms with van der Waals surface area (Å²) in [5, 5.41) is 12.8. The molecule has 0 radical (unpaired) electrons. The Hall–Kier alpha value is -1.49. The number of nitrogens with one attached hydrogen (secondary N) is 1. The molecule has 0 amide bonds. The molecule has 1 aromatic rings. The normalized spacial score (nSPS) is 17.6. The van der Waals surface area contributed by atoms with Crippen molar-refractivity contribution >= 4 is 5.69 Å². The van der Waals surface area contributed by atoms with E-state index < -0.39 is 0 Å². The molecule has 1 saturated carbocycles. The highest BCUT2D eigenvalue weighted by Crippen LogP contribution is 2.23. The number of nitriles is 1. The Morgan fingerprint density at radius 1 is 1.11 bits per heavy atom. The lowest BCUT2D eigenvalue weighted by molar-refractivity contribution is 0.471. The molecule has 1 aliphatic rings. The van der Waals surface area contributed by atoms with Gasteiger partial charge in [-0.2, -0.15) is 5.26 Å². The van der Waals surface area contributed by atoms with Crippen LogP contribution in [0.25, 0.3) is 0 Å². The molecule has 0 heterocycles. The highest BCUT2D eigenvalue weighted by molar-refractivity contribution is 5.59. The molecule has 0 atom stereocenters. The maximum atomic E-state index is 9.18. The van der Waals surface area contributed by atoms with Gasteiger partial charge in [0, 0.05) is 6.04 Å². The Morgan fingerprint density at radius 3 is 2.44 bits per heavy atom. The van der Waals surface area contributed by atoms with Gasteiger partial charge in [-0.25, -0.2) is 0 Å². The van der Waals surface area contributed by atoms with Gasteiger partial charge in [-0.05, 0) is 37.5 Å². The summed E-state index contributed by atoms with van der Waals surface area (Å²) in [5.74, 6) is 0. The van der Waals surface area contributed by atoms with Crippen molar-refractivity contribution in [1.82, 2.24) is 0 Å². The molecule has 2 rings (SSSR count). The average molecular weight is 242 g/mol. The zero-order chi connectivity index (χ0) is 12.8. The maximum absolute atomic E-state index is 9.18. The van der Waals surface area contributed by atoms with E-state index >= 15 is 0 Å². The second-order valence-corrected chi connectivity index (χ2v) is 5.35. The van der Waals surface area contributed by atoms with E-state index in [1.807, 2.05) is 19.1 Å². The number of aryl methyl sites for hydroxylation is 1. The minimum Gasteiger partial charge on any atom is -0.381 e.